The number of pyridine rings is 1. The van der Waals surface area contributed by atoms with Gasteiger partial charge in [0, 0.05) is 17.3 Å². The molecular weight excluding hydrogens is 455 g/mol. The van der Waals surface area contributed by atoms with Gasteiger partial charge in [0.2, 0.25) is 0 Å². The van der Waals surface area contributed by atoms with Gasteiger partial charge in [-0.15, -0.1) is 0 Å². The molecule has 0 atom stereocenters. The van der Waals surface area contributed by atoms with Crippen LogP contribution in [0, 0.1) is 11.3 Å². The first-order chi connectivity index (χ1) is 15.8. The first-order valence-corrected chi connectivity index (χ1v) is 9.85. The summed E-state index contributed by atoms with van der Waals surface area (Å²) in [5.74, 6) is -0.409. The van der Waals surface area contributed by atoms with Crippen molar-refractivity contribution in [2.45, 2.75) is 6.18 Å². The van der Waals surface area contributed by atoms with Crippen LogP contribution in [0.15, 0.2) is 72.9 Å². The Morgan fingerprint density at radius 2 is 1.79 bits per heavy atom. The van der Waals surface area contributed by atoms with Crippen LogP contribution in [-0.4, -0.2) is 20.7 Å². The van der Waals surface area contributed by atoms with Crippen molar-refractivity contribution in [3.63, 3.8) is 0 Å². The van der Waals surface area contributed by atoms with Crippen LogP contribution in [0.5, 0.6) is 0 Å². The van der Waals surface area contributed by atoms with Crippen LogP contribution >= 0.6 is 11.6 Å². The van der Waals surface area contributed by atoms with Gasteiger partial charge in [-0.25, -0.2) is 9.67 Å². The van der Waals surface area contributed by atoms with Gasteiger partial charge in [-0.1, -0.05) is 35.9 Å². The van der Waals surface area contributed by atoms with Crippen LogP contribution in [0.1, 0.15) is 21.6 Å². The Balaban J connectivity index is 1.69. The molecule has 1 amide bonds. The van der Waals surface area contributed by atoms with Crippen molar-refractivity contribution < 1.29 is 18.0 Å². The molecule has 0 unspecified atom stereocenters. The van der Waals surface area contributed by atoms with Crippen LogP contribution in [0.25, 0.3) is 16.9 Å². The van der Waals surface area contributed by atoms with Crippen LogP contribution in [-0.2, 0) is 6.18 Å². The fourth-order valence-corrected chi connectivity index (χ4v) is 3.32. The number of nitrogens with one attached hydrogen (secondary N) is 1. The Kier molecular flexibility index (Phi) is 5.85. The fourth-order valence-electron chi connectivity index (χ4n) is 3.10. The number of carbonyl (C=O) groups is 1. The van der Waals surface area contributed by atoms with Crippen molar-refractivity contribution in [2.24, 2.45) is 0 Å². The minimum Gasteiger partial charge on any atom is -0.305 e. The summed E-state index contributed by atoms with van der Waals surface area (Å²) in [6, 6.07) is 18.3. The molecule has 2 heterocycles. The van der Waals surface area contributed by atoms with E-state index < -0.39 is 17.8 Å². The Morgan fingerprint density at radius 3 is 2.45 bits per heavy atom. The molecule has 0 radical (unpaired) electrons. The molecule has 0 spiro atoms. The molecule has 10 heteroatoms. The average Bonchev–Trinajstić information content (AvgIpc) is 3.26. The minimum absolute atomic E-state index is 0.112. The second-order valence-electron chi connectivity index (χ2n) is 6.82. The molecule has 1 N–H and O–H groups in total. The smallest absolute Gasteiger partial charge is 0.305 e. The molecule has 4 aromatic rings. The summed E-state index contributed by atoms with van der Waals surface area (Å²) in [5.41, 5.74) is 0.187. The highest BCUT2D eigenvalue weighted by molar-refractivity contribution is 6.32. The van der Waals surface area contributed by atoms with Crippen LogP contribution in [0.4, 0.5) is 19.0 Å². The predicted octanol–water partition coefficient (Wildman–Crippen LogP) is 5.73. The van der Waals surface area contributed by atoms with E-state index in [9.17, 15) is 18.0 Å². The zero-order chi connectivity index (χ0) is 23.6. The lowest BCUT2D eigenvalue weighted by atomic mass is 10.1. The Hall–Kier alpha value is -4.16. The zero-order valence-corrected chi connectivity index (χ0v) is 17.4. The molecular formula is C23H13ClF3N5O. The van der Waals surface area contributed by atoms with Crippen molar-refractivity contribution in [2.75, 3.05) is 5.32 Å². The van der Waals surface area contributed by atoms with Gasteiger partial charge >= 0.3 is 6.18 Å². The largest absolute Gasteiger partial charge is 0.435 e. The number of alkyl halides is 3. The predicted molar refractivity (Wildman–Crippen MR) is 116 cm³/mol. The number of anilines is 1. The first-order valence-electron chi connectivity index (χ1n) is 9.47. The molecule has 0 aliphatic rings. The van der Waals surface area contributed by atoms with Gasteiger partial charge in [0.15, 0.2) is 11.5 Å². The third kappa shape index (κ3) is 4.56. The number of hydrogen-bond acceptors (Lipinski definition) is 4. The van der Waals surface area contributed by atoms with Crippen LogP contribution in [0.2, 0.25) is 5.02 Å². The van der Waals surface area contributed by atoms with Gasteiger partial charge in [0.05, 0.1) is 22.0 Å². The number of aromatic nitrogens is 3. The molecule has 0 saturated carbocycles. The average molecular weight is 468 g/mol. The lowest BCUT2D eigenvalue weighted by Gasteiger charge is -2.10. The zero-order valence-electron chi connectivity index (χ0n) is 16.6. The maximum absolute atomic E-state index is 13.4. The number of nitrogens with zero attached hydrogens (tertiary/aromatic N) is 4. The molecule has 164 valence electrons. The summed E-state index contributed by atoms with van der Waals surface area (Å²) in [7, 11) is 0. The second-order valence-corrected chi connectivity index (χ2v) is 7.23. The summed E-state index contributed by atoms with van der Waals surface area (Å²) in [6.45, 7) is 0. The molecule has 4 rings (SSSR count). The lowest BCUT2D eigenvalue weighted by Crippen LogP contribution is -2.14. The monoisotopic (exact) mass is 467 g/mol. The highest BCUT2D eigenvalue weighted by atomic mass is 35.5. The molecule has 33 heavy (non-hydrogen) atoms. The molecule has 2 aromatic heterocycles. The number of para-hydroxylation sites is 1. The number of amides is 1. The molecule has 0 aliphatic carbocycles. The van der Waals surface area contributed by atoms with Crippen LogP contribution in [0.3, 0.4) is 0 Å². The quantitative estimate of drug-likeness (QED) is 0.415. The molecule has 6 nitrogen and oxygen atoms in total. The van der Waals surface area contributed by atoms with Crippen molar-refractivity contribution in [3.8, 4) is 23.0 Å². The van der Waals surface area contributed by atoms with Gasteiger partial charge in [0.25, 0.3) is 5.91 Å². The number of rotatable bonds is 4. The number of nitriles is 1. The molecule has 0 aliphatic heterocycles. The van der Waals surface area contributed by atoms with E-state index >= 15 is 0 Å². The van der Waals surface area contributed by atoms with E-state index in [1.807, 2.05) is 6.07 Å². The second kappa shape index (κ2) is 8.76. The fraction of sp³-hybridized carbons (Fsp3) is 0.0435. The van der Waals surface area contributed by atoms with Crippen molar-refractivity contribution in [1.29, 1.82) is 5.26 Å². The normalized spacial score (nSPS) is 11.1. The van der Waals surface area contributed by atoms with Crippen molar-refractivity contribution >= 4 is 23.3 Å². The minimum atomic E-state index is -4.65. The third-order valence-electron chi connectivity index (χ3n) is 4.68. The van der Waals surface area contributed by atoms with Gasteiger partial charge in [-0.2, -0.15) is 23.5 Å². The van der Waals surface area contributed by atoms with E-state index in [4.69, 9.17) is 16.9 Å². The molecule has 0 bridgehead atoms. The number of benzene rings is 2. The first kappa shape index (κ1) is 22.0. The van der Waals surface area contributed by atoms with E-state index in [0.717, 1.165) is 10.7 Å². The number of halogens is 4. The van der Waals surface area contributed by atoms with Gasteiger partial charge < -0.3 is 5.32 Å². The Bertz CT molecular complexity index is 1370. The SMILES string of the molecule is N#Cc1cccnc1NC(=O)c1ccc(-c2cc(C(F)(F)F)nn2-c2ccccc2Cl)cc1. The molecule has 2 aromatic carbocycles. The maximum Gasteiger partial charge on any atom is 0.435 e. The van der Waals surface area contributed by atoms with E-state index in [-0.39, 0.29) is 33.3 Å². The maximum atomic E-state index is 13.4. The van der Waals surface area contributed by atoms with E-state index in [1.165, 1.54) is 36.5 Å². The third-order valence-corrected chi connectivity index (χ3v) is 5.00. The lowest BCUT2D eigenvalue weighted by molar-refractivity contribution is -0.141. The van der Waals surface area contributed by atoms with Gasteiger partial charge in [-0.3, -0.25) is 4.79 Å². The molecule has 0 fully saturated rings. The summed E-state index contributed by atoms with van der Waals surface area (Å²) in [6.07, 6.45) is -3.21. The van der Waals surface area contributed by atoms with E-state index in [2.05, 4.69) is 15.4 Å². The van der Waals surface area contributed by atoms with Gasteiger partial charge in [0.1, 0.15) is 6.07 Å². The number of hydrogen-bond donors (Lipinski definition) is 1. The van der Waals surface area contributed by atoms with Crippen LogP contribution < -0.4 is 5.32 Å². The highest BCUT2D eigenvalue weighted by Crippen LogP contribution is 2.34. The number of carbonyl (C=O) groups excluding carboxylic acids is 1. The van der Waals surface area contributed by atoms with E-state index in [0.29, 0.717) is 5.56 Å². The van der Waals surface area contributed by atoms with E-state index in [1.54, 1.807) is 30.3 Å². The summed E-state index contributed by atoms with van der Waals surface area (Å²) < 4.78 is 41.2. The van der Waals surface area contributed by atoms with Crippen molar-refractivity contribution in [3.05, 3.63) is 94.8 Å². The molecule has 0 saturated heterocycles. The van der Waals surface area contributed by atoms with Crippen molar-refractivity contribution in [1.82, 2.24) is 14.8 Å². The summed E-state index contributed by atoms with van der Waals surface area (Å²) in [5, 5.41) is 15.6. The van der Waals surface area contributed by atoms with Gasteiger partial charge in [-0.05, 0) is 42.5 Å². The summed E-state index contributed by atoms with van der Waals surface area (Å²) >= 11 is 6.19. The standard InChI is InChI=1S/C23H13ClF3N5O/c24-17-5-1-2-6-18(17)32-19(12-20(31-32)23(25,26)27)14-7-9-15(10-8-14)22(33)30-21-16(13-28)4-3-11-29-21/h1-12H,(H,29,30,33). The summed E-state index contributed by atoms with van der Waals surface area (Å²) in [4.78, 5) is 16.5. The topological polar surface area (TPSA) is 83.6 Å². The highest BCUT2D eigenvalue weighted by Gasteiger charge is 2.35. The Morgan fingerprint density at radius 1 is 1.06 bits per heavy atom. The Labute approximate surface area is 190 Å².